The van der Waals surface area contributed by atoms with Gasteiger partial charge in [0.05, 0.1) is 0 Å². The quantitative estimate of drug-likeness (QED) is 0.570. The third-order valence-corrected chi connectivity index (χ3v) is 4.24. The van der Waals surface area contributed by atoms with Crippen molar-refractivity contribution in [2.24, 2.45) is 0 Å². The minimum atomic E-state index is -1.31. The number of rotatable bonds is 4. The molecule has 0 aromatic carbocycles. The molecule has 0 bridgehead atoms. The minimum Gasteiger partial charge on any atom is -0.477 e. The zero-order valence-electron chi connectivity index (χ0n) is 13.3. The van der Waals surface area contributed by atoms with Gasteiger partial charge in [-0.05, 0) is 31.1 Å². The highest BCUT2D eigenvalue weighted by Crippen LogP contribution is 2.28. The first-order chi connectivity index (χ1) is 12.1. The van der Waals surface area contributed by atoms with Gasteiger partial charge in [-0.15, -0.1) is 0 Å². The van der Waals surface area contributed by atoms with Gasteiger partial charge in [-0.25, -0.2) is 14.8 Å². The summed E-state index contributed by atoms with van der Waals surface area (Å²) in [4.78, 5) is 31.2. The van der Waals surface area contributed by atoms with Crippen LogP contribution in [0.4, 0.5) is 0 Å². The van der Waals surface area contributed by atoms with E-state index in [1.54, 1.807) is 18.5 Å². The Bertz CT molecular complexity index is 922. The standard InChI is InChI=1S/C17H16N4O4/c22-14-12(8-10-9-19-15-11(10)4-3-5-18-15)25-16(13(14)17(23)24)20-21-6-1-2-7-21/h3-5,8-9,20H,1-2,6-7H2,(H,18,19)(H,23,24). The highest BCUT2D eigenvalue weighted by atomic mass is 16.5. The van der Waals surface area contributed by atoms with Gasteiger partial charge in [0.2, 0.25) is 11.7 Å². The third-order valence-electron chi connectivity index (χ3n) is 4.24. The Balaban J connectivity index is 1.66. The second-order valence-corrected chi connectivity index (χ2v) is 5.90. The maximum atomic E-state index is 12.5. The summed E-state index contributed by atoms with van der Waals surface area (Å²) in [5.74, 6) is -2.00. The molecule has 2 aromatic heterocycles. The van der Waals surface area contributed by atoms with Crippen molar-refractivity contribution in [1.29, 1.82) is 0 Å². The number of aromatic amines is 1. The number of carboxylic acids is 1. The fourth-order valence-corrected chi connectivity index (χ4v) is 3.01. The van der Waals surface area contributed by atoms with E-state index in [1.807, 2.05) is 11.1 Å². The molecule has 1 saturated heterocycles. The number of Topliss-reactive ketones (excluding diaryl/α,β-unsaturated/α-hetero) is 1. The second kappa shape index (κ2) is 6.06. The summed E-state index contributed by atoms with van der Waals surface area (Å²) in [5, 5.41) is 12.1. The van der Waals surface area contributed by atoms with Crippen molar-refractivity contribution in [1.82, 2.24) is 20.4 Å². The SMILES string of the molecule is O=C(O)C1=C(NN2CCCC2)OC(=Cc2c[nH]c3ncccc23)C1=O. The summed E-state index contributed by atoms with van der Waals surface area (Å²) >= 11 is 0. The normalized spacial score (nSPS) is 19.8. The van der Waals surface area contributed by atoms with Crippen molar-refractivity contribution >= 4 is 28.9 Å². The minimum absolute atomic E-state index is 0.0242. The van der Waals surface area contributed by atoms with Gasteiger partial charge >= 0.3 is 5.97 Å². The molecule has 0 amide bonds. The molecule has 0 unspecified atom stereocenters. The predicted octanol–water partition coefficient (Wildman–Crippen LogP) is 1.40. The largest absolute Gasteiger partial charge is 0.477 e. The molecule has 0 spiro atoms. The van der Waals surface area contributed by atoms with Crippen molar-refractivity contribution in [3.8, 4) is 0 Å². The molecule has 2 aromatic rings. The number of carbonyl (C=O) groups excluding carboxylic acids is 1. The molecule has 0 atom stereocenters. The molecule has 2 aliphatic heterocycles. The molecule has 128 valence electrons. The fourth-order valence-electron chi connectivity index (χ4n) is 3.01. The number of aliphatic carboxylic acids is 1. The monoisotopic (exact) mass is 340 g/mol. The Hall–Kier alpha value is -3.13. The highest BCUT2D eigenvalue weighted by Gasteiger charge is 2.37. The topological polar surface area (TPSA) is 108 Å². The average Bonchev–Trinajstić information content (AvgIpc) is 3.30. The number of allylic oxidation sites excluding steroid dienone is 1. The highest BCUT2D eigenvalue weighted by molar-refractivity contribution is 6.26. The van der Waals surface area contributed by atoms with E-state index in [2.05, 4.69) is 15.4 Å². The Morgan fingerprint density at radius 1 is 1.40 bits per heavy atom. The number of hydrazine groups is 1. The van der Waals surface area contributed by atoms with E-state index in [1.165, 1.54) is 6.08 Å². The van der Waals surface area contributed by atoms with Gasteiger partial charge in [0.25, 0.3) is 0 Å². The lowest BCUT2D eigenvalue weighted by Crippen LogP contribution is -2.35. The van der Waals surface area contributed by atoms with Gasteiger partial charge in [-0.2, -0.15) is 0 Å². The van der Waals surface area contributed by atoms with E-state index in [-0.39, 0.29) is 17.2 Å². The van der Waals surface area contributed by atoms with E-state index in [0.717, 1.165) is 31.3 Å². The summed E-state index contributed by atoms with van der Waals surface area (Å²) in [6.07, 6.45) is 6.93. The molecule has 0 saturated carbocycles. The first-order valence-electron chi connectivity index (χ1n) is 7.99. The van der Waals surface area contributed by atoms with Crippen LogP contribution in [0.1, 0.15) is 18.4 Å². The average molecular weight is 340 g/mol. The van der Waals surface area contributed by atoms with Gasteiger partial charge in [0, 0.05) is 36.4 Å². The van der Waals surface area contributed by atoms with Crippen LogP contribution in [-0.4, -0.2) is 44.9 Å². The van der Waals surface area contributed by atoms with Crippen molar-refractivity contribution in [2.45, 2.75) is 12.8 Å². The van der Waals surface area contributed by atoms with Crippen LogP contribution >= 0.6 is 0 Å². The van der Waals surface area contributed by atoms with Crippen LogP contribution in [0.3, 0.4) is 0 Å². The zero-order chi connectivity index (χ0) is 17.4. The van der Waals surface area contributed by atoms with E-state index >= 15 is 0 Å². The number of H-pyrrole nitrogens is 1. The van der Waals surface area contributed by atoms with E-state index < -0.39 is 11.8 Å². The van der Waals surface area contributed by atoms with Crippen LogP contribution in [0.25, 0.3) is 17.1 Å². The second-order valence-electron chi connectivity index (χ2n) is 5.90. The van der Waals surface area contributed by atoms with Gasteiger partial charge in [0.15, 0.2) is 11.3 Å². The van der Waals surface area contributed by atoms with Crippen molar-refractivity contribution in [3.05, 3.63) is 47.3 Å². The first-order valence-corrected chi connectivity index (χ1v) is 7.99. The number of nitrogens with zero attached hydrogens (tertiary/aromatic N) is 2. The van der Waals surface area contributed by atoms with Crippen LogP contribution in [0.2, 0.25) is 0 Å². The molecular weight excluding hydrogens is 324 g/mol. The van der Waals surface area contributed by atoms with Crippen LogP contribution in [0.15, 0.2) is 41.7 Å². The summed E-state index contributed by atoms with van der Waals surface area (Å²) < 4.78 is 5.56. The molecule has 3 N–H and O–H groups in total. The van der Waals surface area contributed by atoms with Crippen molar-refractivity contribution in [2.75, 3.05) is 13.1 Å². The van der Waals surface area contributed by atoms with Crippen LogP contribution in [0.5, 0.6) is 0 Å². The molecule has 25 heavy (non-hydrogen) atoms. The lowest BCUT2D eigenvalue weighted by molar-refractivity contribution is -0.134. The van der Waals surface area contributed by atoms with Gasteiger partial charge < -0.3 is 14.8 Å². The Morgan fingerprint density at radius 3 is 2.96 bits per heavy atom. The molecule has 8 heteroatoms. The lowest BCUT2D eigenvalue weighted by atomic mass is 10.1. The van der Waals surface area contributed by atoms with Crippen LogP contribution < -0.4 is 5.43 Å². The van der Waals surface area contributed by atoms with Gasteiger partial charge in [0.1, 0.15) is 5.65 Å². The molecule has 8 nitrogen and oxygen atoms in total. The number of ketones is 1. The number of ether oxygens (including phenoxy) is 1. The zero-order valence-corrected chi connectivity index (χ0v) is 13.3. The van der Waals surface area contributed by atoms with Crippen LogP contribution in [-0.2, 0) is 14.3 Å². The molecule has 1 fully saturated rings. The maximum absolute atomic E-state index is 12.5. The van der Waals surface area contributed by atoms with Crippen molar-refractivity contribution in [3.63, 3.8) is 0 Å². The van der Waals surface area contributed by atoms with Gasteiger partial charge in [-0.3, -0.25) is 10.2 Å². The molecule has 2 aliphatic rings. The smallest absolute Gasteiger partial charge is 0.345 e. The number of nitrogens with one attached hydrogen (secondary N) is 2. The number of fused-ring (bicyclic) bond motifs is 1. The summed E-state index contributed by atoms with van der Waals surface area (Å²) in [7, 11) is 0. The van der Waals surface area contributed by atoms with E-state index in [0.29, 0.717) is 11.2 Å². The molecule has 0 radical (unpaired) electrons. The number of pyridine rings is 1. The molecular formula is C17H16N4O4. The maximum Gasteiger partial charge on any atom is 0.345 e. The Morgan fingerprint density at radius 2 is 2.20 bits per heavy atom. The predicted molar refractivity (Wildman–Crippen MR) is 88.8 cm³/mol. The molecule has 0 aliphatic carbocycles. The number of hydrogen-bond donors (Lipinski definition) is 3. The number of carboxylic acid groups (broad SMARTS) is 1. The summed E-state index contributed by atoms with van der Waals surface area (Å²) in [5.41, 5.74) is 3.92. The number of aromatic nitrogens is 2. The fraction of sp³-hybridized carbons (Fsp3) is 0.235. The lowest BCUT2D eigenvalue weighted by Gasteiger charge is -2.17. The summed E-state index contributed by atoms with van der Waals surface area (Å²) in [6, 6.07) is 3.65. The molecule has 4 rings (SSSR count). The van der Waals surface area contributed by atoms with Crippen molar-refractivity contribution < 1.29 is 19.4 Å². The number of hydrogen-bond acceptors (Lipinski definition) is 6. The Kier molecular flexibility index (Phi) is 3.73. The Labute approximate surface area is 142 Å². The first kappa shape index (κ1) is 15.4. The molecule has 4 heterocycles. The number of carbonyl (C=O) groups is 2. The van der Waals surface area contributed by atoms with E-state index in [9.17, 15) is 14.7 Å². The summed E-state index contributed by atoms with van der Waals surface area (Å²) in [6.45, 7) is 1.56. The van der Waals surface area contributed by atoms with Gasteiger partial charge in [-0.1, -0.05) is 0 Å². The van der Waals surface area contributed by atoms with Crippen LogP contribution in [0, 0.1) is 0 Å². The van der Waals surface area contributed by atoms with E-state index in [4.69, 9.17) is 4.74 Å². The third kappa shape index (κ3) is 2.76.